The van der Waals surface area contributed by atoms with Crippen LogP contribution in [0.25, 0.3) is 0 Å². The Labute approximate surface area is 109 Å². The zero-order valence-electron chi connectivity index (χ0n) is 11.1. The van der Waals surface area contributed by atoms with Gasteiger partial charge in [0.25, 0.3) is 5.78 Å². The number of carbonyl (C=O) groups excluding carboxylic acids is 1. The predicted molar refractivity (Wildman–Crippen MR) is 66.3 cm³/mol. The number of halogens is 3. The number of nitrogens with two attached hydrogens (primary N) is 1. The summed E-state index contributed by atoms with van der Waals surface area (Å²) in [6.07, 6.45) is -5.05. The van der Waals surface area contributed by atoms with Crippen molar-refractivity contribution in [2.24, 2.45) is 0 Å². The molecule has 1 aromatic carbocycles. The minimum atomic E-state index is -5.05. The number of Topliss-reactive ketones (excluding diaryl/α,β-unsaturated/α-hetero) is 1. The number of aromatic hydroxyl groups is 1. The number of rotatable bonds is 1. The molecule has 0 bridgehead atoms. The quantitative estimate of drug-likeness (QED) is 0.469. The summed E-state index contributed by atoms with van der Waals surface area (Å²) in [7, 11) is 0. The molecular formula is C13H16F3NO2. The number of anilines is 1. The summed E-state index contributed by atoms with van der Waals surface area (Å²) in [4.78, 5) is 11.4. The summed E-state index contributed by atoms with van der Waals surface area (Å²) in [6, 6.07) is 1.40. The van der Waals surface area contributed by atoms with E-state index in [0.717, 1.165) is 0 Å². The molecule has 6 heteroatoms. The third-order valence-electron chi connectivity index (χ3n) is 2.88. The van der Waals surface area contributed by atoms with Crippen LogP contribution in [0, 0.1) is 6.92 Å². The van der Waals surface area contributed by atoms with Gasteiger partial charge in [0.1, 0.15) is 5.75 Å². The van der Waals surface area contributed by atoms with Gasteiger partial charge in [-0.1, -0.05) is 20.8 Å². The van der Waals surface area contributed by atoms with Gasteiger partial charge in [0.2, 0.25) is 0 Å². The Morgan fingerprint density at radius 1 is 1.26 bits per heavy atom. The zero-order chi connectivity index (χ0) is 15.2. The van der Waals surface area contributed by atoms with E-state index in [2.05, 4.69) is 0 Å². The van der Waals surface area contributed by atoms with Crippen molar-refractivity contribution in [1.29, 1.82) is 0 Å². The van der Waals surface area contributed by atoms with E-state index in [1.807, 2.05) is 0 Å². The molecule has 3 N–H and O–H groups in total. The van der Waals surface area contributed by atoms with E-state index in [4.69, 9.17) is 5.73 Å². The van der Waals surface area contributed by atoms with Gasteiger partial charge in [-0.15, -0.1) is 0 Å². The highest BCUT2D eigenvalue weighted by molar-refractivity contribution is 6.05. The van der Waals surface area contributed by atoms with Crippen molar-refractivity contribution in [1.82, 2.24) is 0 Å². The van der Waals surface area contributed by atoms with Crippen molar-refractivity contribution in [2.45, 2.75) is 39.3 Å². The number of hydrogen-bond donors (Lipinski definition) is 2. The third kappa shape index (κ3) is 2.83. The molecule has 1 rings (SSSR count). The van der Waals surface area contributed by atoms with Gasteiger partial charge < -0.3 is 10.8 Å². The number of nitrogen functional groups attached to an aromatic ring is 1. The maximum absolute atomic E-state index is 12.6. The number of ketones is 1. The number of hydrogen-bond acceptors (Lipinski definition) is 3. The van der Waals surface area contributed by atoms with Crippen molar-refractivity contribution in [3.63, 3.8) is 0 Å². The number of phenols is 1. The molecule has 3 nitrogen and oxygen atoms in total. The van der Waals surface area contributed by atoms with Gasteiger partial charge in [-0.05, 0) is 29.5 Å². The SMILES string of the molecule is Cc1c(C(C)(C)C)cc(N)c(O)c1C(=O)C(F)(F)F. The van der Waals surface area contributed by atoms with E-state index in [0.29, 0.717) is 5.56 Å². The highest BCUT2D eigenvalue weighted by Gasteiger charge is 2.42. The minimum absolute atomic E-state index is 0.0986. The smallest absolute Gasteiger partial charge is 0.455 e. The van der Waals surface area contributed by atoms with Crippen LogP contribution in [0.3, 0.4) is 0 Å². The van der Waals surface area contributed by atoms with Crippen molar-refractivity contribution >= 4 is 11.5 Å². The average Bonchev–Trinajstić information content (AvgIpc) is 2.20. The first-order valence-electron chi connectivity index (χ1n) is 5.61. The molecule has 106 valence electrons. The molecule has 0 radical (unpaired) electrons. The van der Waals surface area contributed by atoms with Crippen LogP contribution in [0.5, 0.6) is 5.75 Å². The van der Waals surface area contributed by atoms with Crippen LogP contribution in [0.4, 0.5) is 18.9 Å². The molecular weight excluding hydrogens is 259 g/mol. The molecule has 0 aromatic heterocycles. The van der Waals surface area contributed by atoms with Crippen LogP contribution in [-0.4, -0.2) is 17.1 Å². The summed E-state index contributed by atoms with van der Waals surface area (Å²) in [6.45, 7) is 6.73. The molecule has 0 heterocycles. The van der Waals surface area contributed by atoms with E-state index < -0.39 is 28.7 Å². The number of phenolic OH excluding ortho intramolecular Hbond substituents is 1. The van der Waals surface area contributed by atoms with Crippen LogP contribution in [0.2, 0.25) is 0 Å². The molecule has 0 aliphatic carbocycles. The highest BCUT2D eigenvalue weighted by atomic mass is 19.4. The standard InChI is InChI=1S/C13H16F3NO2/c1-6-7(12(2,3)4)5-8(17)10(18)9(6)11(19)13(14,15)16/h5,18H,17H2,1-4H3. The second-order valence-corrected chi connectivity index (χ2v) is 5.44. The van der Waals surface area contributed by atoms with Crippen LogP contribution >= 0.6 is 0 Å². The fourth-order valence-electron chi connectivity index (χ4n) is 1.99. The Balaban J connectivity index is 3.66. The first-order valence-corrected chi connectivity index (χ1v) is 5.61. The van der Waals surface area contributed by atoms with E-state index in [1.54, 1.807) is 20.8 Å². The van der Waals surface area contributed by atoms with Gasteiger partial charge in [0.05, 0.1) is 11.3 Å². The first-order chi connectivity index (χ1) is 8.37. The molecule has 0 atom stereocenters. The van der Waals surface area contributed by atoms with E-state index in [-0.39, 0.29) is 11.3 Å². The van der Waals surface area contributed by atoms with Crippen molar-refractivity contribution < 1.29 is 23.1 Å². The van der Waals surface area contributed by atoms with Gasteiger partial charge in [-0.3, -0.25) is 4.79 Å². The molecule has 0 spiro atoms. The molecule has 0 fully saturated rings. The molecule has 19 heavy (non-hydrogen) atoms. The summed E-state index contributed by atoms with van der Waals surface area (Å²) >= 11 is 0. The largest absolute Gasteiger partial charge is 0.505 e. The highest BCUT2D eigenvalue weighted by Crippen LogP contribution is 2.39. The van der Waals surface area contributed by atoms with Gasteiger partial charge in [-0.25, -0.2) is 0 Å². The van der Waals surface area contributed by atoms with Gasteiger partial charge in [0, 0.05) is 0 Å². The fraction of sp³-hybridized carbons (Fsp3) is 0.462. The minimum Gasteiger partial charge on any atom is -0.505 e. The predicted octanol–water partition coefficient (Wildman–Crippen LogP) is 3.33. The van der Waals surface area contributed by atoms with Gasteiger partial charge in [0.15, 0.2) is 0 Å². The van der Waals surface area contributed by atoms with Crippen LogP contribution in [0.15, 0.2) is 6.07 Å². The molecule has 0 aliphatic rings. The lowest BCUT2D eigenvalue weighted by Crippen LogP contribution is -2.26. The molecule has 1 aromatic rings. The molecule has 0 saturated carbocycles. The molecule has 0 aliphatic heterocycles. The van der Waals surface area contributed by atoms with E-state index >= 15 is 0 Å². The van der Waals surface area contributed by atoms with Gasteiger partial charge >= 0.3 is 6.18 Å². The Morgan fingerprint density at radius 2 is 1.74 bits per heavy atom. The normalized spacial score (nSPS) is 12.6. The first kappa shape index (κ1) is 15.3. The lowest BCUT2D eigenvalue weighted by molar-refractivity contribution is -0.0887. The Hall–Kier alpha value is -1.72. The Kier molecular flexibility index (Phi) is 3.58. The topological polar surface area (TPSA) is 63.3 Å². The number of carbonyl (C=O) groups is 1. The number of alkyl halides is 3. The second kappa shape index (κ2) is 4.43. The molecule has 0 unspecified atom stereocenters. The summed E-state index contributed by atoms with van der Waals surface area (Å²) < 4.78 is 37.7. The van der Waals surface area contributed by atoms with Gasteiger partial charge in [-0.2, -0.15) is 13.2 Å². The van der Waals surface area contributed by atoms with Crippen molar-refractivity contribution in [2.75, 3.05) is 5.73 Å². The van der Waals surface area contributed by atoms with E-state index in [9.17, 15) is 23.1 Å². The Morgan fingerprint density at radius 3 is 2.11 bits per heavy atom. The van der Waals surface area contributed by atoms with Crippen molar-refractivity contribution in [3.8, 4) is 5.75 Å². The lowest BCUT2D eigenvalue weighted by atomic mass is 9.81. The van der Waals surface area contributed by atoms with Crippen LogP contribution < -0.4 is 5.73 Å². The third-order valence-corrected chi connectivity index (χ3v) is 2.88. The fourth-order valence-corrected chi connectivity index (χ4v) is 1.99. The maximum atomic E-state index is 12.6. The summed E-state index contributed by atoms with van der Waals surface area (Å²) in [5, 5.41) is 9.66. The lowest BCUT2D eigenvalue weighted by Gasteiger charge is -2.25. The van der Waals surface area contributed by atoms with Crippen LogP contribution in [-0.2, 0) is 5.41 Å². The molecule has 0 amide bonds. The zero-order valence-corrected chi connectivity index (χ0v) is 11.1. The second-order valence-electron chi connectivity index (χ2n) is 5.44. The molecule has 0 saturated heterocycles. The monoisotopic (exact) mass is 275 g/mol. The van der Waals surface area contributed by atoms with Crippen molar-refractivity contribution in [3.05, 3.63) is 22.8 Å². The van der Waals surface area contributed by atoms with E-state index in [1.165, 1.54) is 13.0 Å². The maximum Gasteiger partial charge on any atom is 0.455 e. The summed E-state index contributed by atoms with van der Waals surface area (Å²) in [5.74, 6) is -2.90. The Bertz CT molecular complexity index is 528. The number of benzene rings is 1. The summed E-state index contributed by atoms with van der Waals surface area (Å²) in [5.41, 5.74) is 4.60. The average molecular weight is 275 g/mol. The van der Waals surface area contributed by atoms with Crippen LogP contribution in [0.1, 0.15) is 42.3 Å².